The number of benzene rings is 1. The lowest BCUT2D eigenvalue weighted by Crippen LogP contribution is -2.12. The van der Waals surface area contributed by atoms with E-state index in [1.54, 1.807) is 35.7 Å². The van der Waals surface area contributed by atoms with Crippen molar-refractivity contribution in [3.05, 3.63) is 53.1 Å². The summed E-state index contributed by atoms with van der Waals surface area (Å²) in [7, 11) is 0. The average Bonchev–Trinajstić information content (AvgIpc) is 2.71. The van der Waals surface area contributed by atoms with Crippen molar-refractivity contribution < 1.29 is 15.0 Å². The molecule has 1 aromatic carbocycles. The van der Waals surface area contributed by atoms with E-state index in [-0.39, 0.29) is 11.1 Å². The number of hydrogen-bond acceptors (Lipinski definition) is 5. The normalized spacial score (nSPS) is 17.5. The number of aliphatic carboxylic acids is 1. The zero-order valence-electron chi connectivity index (χ0n) is 12.4. The zero-order chi connectivity index (χ0) is 16.3. The molecule has 1 aliphatic heterocycles. The lowest BCUT2D eigenvalue weighted by molar-refractivity contribution is -0.130. The van der Waals surface area contributed by atoms with Crippen LogP contribution < -0.4 is 0 Å². The van der Waals surface area contributed by atoms with Crippen LogP contribution in [-0.4, -0.2) is 26.1 Å². The van der Waals surface area contributed by atoms with Gasteiger partial charge in [0.15, 0.2) is 0 Å². The molecule has 0 fully saturated rings. The molecule has 1 heterocycles. The number of carboxylic acid groups (broad SMARTS) is 1. The summed E-state index contributed by atoms with van der Waals surface area (Å²) in [6, 6.07) is 7.15. The second kappa shape index (κ2) is 6.62. The summed E-state index contributed by atoms with van der Waals surface area (Å²) in [6.45, 7) is 8.04. The Morgan fingerprint density at radius 2 is 2.14 bits per heavy atom. The highest BCUT2D eigenvalue weighted by Gasteiger charge is 2.30. The Morgan fingerprint density at radius 1 is 1.45 bits per heavy atom. The summed E-state index contributed by atoms with van der Waals surface area (Å²) in [5.41, 5.74) is 0.992. The number of aliphatic imine (C=N–C) groups is 1. The summed E-state index contributed by atoms with van der Waals surface area (Å²) in [5, 5.41) is 18.3. The Kier molecular flexibility index (Phi) is 5.03. The second-order valence-corrected chi connectivity index (χ2v) is 7.56. The largest absolute Gasteiger partial charge is 0.515 e. The molecule has 0 aliphatic carbocycles. The molecule has 1 aliphatic rings. The number of carboxylic acids is 1. The van der Waals surface area contributed by atoms with Gasteiger partial charge in [0.25, 0.3) is 0 Å². The Bertz CT molecular complexity index is 678. The van der Waals surface area contributed by atoms with Gasteiger partial charge >= 0.3 is 5.97 Å². The first-order valence-electron chi connectivity index (χ1n) is 6.61. The molecular formula is C16H17NO3S2. The van der Waals surface area contributed by atoms with Crippen molar-refractivity contribution in [1.29, 1.82) is 0 Å². The first-order valence-corrected chi connectivity index (χ1v) is 8.41. The van der Waals surface area contributed by atoms with Crippen LogP contribution in [0, 0.1) is 0 Å². The van der Waals surface area contributed by atoms with E-state index < -0.39 is 5.97 Å². The fourth-order valence-electron chi connectivity index (χ4n) is 1.89. The minimum atomic E-state index is -1.15. The van der Waals surface area contributed by atoms with Gasteiger partial charge in [-0.3, -0.25) is 4.99 Å². The Morgan fingerprint density at radius 3 is 2.68 bits per heavy atom. The molecule has 0 unspecified atom stereocenters. The van der Waals surface area contributed by atoms with Crippen LogP contribution in [0.15, 0.2) is 47.0 Å². The molecule has 4 nitrogen and oxygen atoms in total. The molecule has 0 amide bonds. The maximum atomic E-state index is 11.2. The van der Waals surface area contributed by atoms with Crippen molar-refractivity contribution in [3.8, 4) is 0 Å². The maximum absolute atomic E-state index is 11.2. The lowest BCUT2D eigenvalue weighted by atomic mass is 10.0. The molecule has 0 saturated carbocycles. The van der Waals surface area contributed by atoms with Crippen molar-refractivity contribution in [2.24, 2.45) is 4.99 Å². The first-order chi connectivity index (χ1) is 10.3. The number of hydrogen-bond donors (Lipinski definition) is 2. The molecule has 0 bridgehead atoms. The molecule has 0 radical (unpaired) electrons. The van der Waals surface area contributed by atoms with Crippen molar-refractivity contribution in [2.45, 2.75) is 25.1 Å². The van der Waals surface area contributed by atoms with Gasteiger partial charge in [0.1, 0.15) is 9.95 Å². The van der Waals surface area contributed by atoms with Gasteiger partial charge in [-0.15, -0.1) is 0 Å². The molecule has 116 valence electrons. The van der Waals surface area contributed by atoms with E-state index in [0.29, 0.717) is 17.6 Å². The van der Waals surface area contributed by atoms with Crippen LogP contribution in [0.3, 0.4) is 0 Å². The van der Waals surface area contributed by atoms with Crippen LogP contribution >= 0.6 is 23.5 Å². The molecule has 1 aromatic rings. The van der Waals surface area contributed by atoms with Crippen LogP contribution in [0.1, 0.15) is 25.0 Å². The summed E-state index contributed by atoms with van der Waals surface area (Å²) in [5.74, 6) is -0.572. The number of rotatable bonds is 4. The van der Waals surface area contributed by atoms with Gasteiger partial charge in [-0.1, -0.05) is 54.4 Å². The molecule has 2 N–H and O–H groups in total. The highest BCUT2D eigenvalue weighted by molar-refractivity contribution is 8.40. The Hall–Kier alpha value is -1.66. The fraction of sp³-hybridized carbons (Fsp3) is 0.250. The highest BCUT2D eigenvalue weighted by Crippen LogP contribution is 2.42. The van der Waals surface area contributed by atoms with Gasteiger partial charge in [0.05, 0.1) is 11.8 Å². The second-order valence-electron chi connectivity index (χ2n) is 5.26. The topological polar surface area (TPSA) is 69.9 Å². The number of nitrogens with zero attached hydrogens (tertiary/aromatic N) is 1. The van der Waals surface area contributed by atoms with Gasteiger partial charge in [-0.05, 0) is 25.0 Å². The number of aliphatic hydroxyl groups is 1. The minimum Gasteiger partial charge on any atom is -0.515 e. The quantitative estimate of drug-likeness (QED) is 0.634. The Balaban J connectivity index is 2.19. The van der Waals surface area contributed by atoms with E-state index in [9.17, 15) is 4.79 Å². The van der Waals surface area contributed by atoms with Gasteiger partial charge in [0.2, 0.25) is 0 Å². The number of carbonyl (C=O) groups is 1. The molecule has 0 atom stereocenters. The van der Waals surface area contributed by atoms with Gasteiger partial charge in [0, 0.05) is 10.7 Å². The molecule has 0 spiro atoms. The first kappa shape index (κ1) is 16.7. The van der Waals surface area contributed by atoms with Crippen LogP contribution in [-0.2, 0) is 10.5 Å². The standard InChI is InChI=1S/C16H17NO3S2/c1-10-16(2,3)17-15(22-10)21-9-11-6-4-5-7-12(11)13(8-18)14(19)20/h4-8,18H,1,9H2,2-3H3,(H,19,20)/b13-8+. The summed E-state index contributed by atoms with van der Waals surface area (Å²) in [4.78, 5) is 16.8. The Labute approximate surface area is 138 Å². The average molecular weight is 335 g/mol. The predicted octanol–water partition coefficient (Wildman–Crippen LogP) is 4.30. The van der Waals surface area contributed by atoms with E-state index in [4.69, 9.17) is 10.2 Å². The summed E-state index contributed by atoms with van der Waals surface area (Å²) < 4.78 is 0.926. The van der Waals surface area contributed by atoms with Crippen molar-refractivity contribution in [1.82, 2.24) is 0 Å². The van der Waals surface area contributed by atoms with Gasteiger partial charge in [-0.25, -0.2) is 4.79 Å². The van der Waals surface area contributed by atoms with Gasteiger partial charge < -0.3 is 10.2 Å². The van der Waals surface area contributed by atoms with Crippen molar-refractivity contribution in [2.75, 3.05) is 0 Å². The third-order valence-corrected chi connectivity index (χ3v) is 5.69. The van der Waals surface area contributed by atoms with E-state index in [2.05, 4.69) is 11.6 Å². The molecule has 22 heavy (non-hydrogen) atoms. The maximum Gasteiger partial charge on any atom is 0.339 e. The summed E-state index contributed by atoms with van der Waals surface area (Å²) in [6.07, 6.45) is 0.638. The van der Waals surface area contributed by atoms with Gasteiger partial charge in [-0.2, -0.15) is 0 Å². The molecule has 2 rings (SSSR count). The predicted molar refractivity (Wildman–Crippen MR) is 94.2 cm³/mol. The number of thioether (sulfide) groups is 2. The van der Waals surface area contributed by atoms with E-state index >= 15 is 0 Å². The third-order valence-electron chi connectivity index (χ3n) is 3.28. The van der Waals surface area contributed by atoms with Crippen molar-refractivity contribution in [3.63, 3.8) is 0 Å². The highest BCUT2D eigenvalue weighted by atomic mass is 32.2. The lowest BCUT2D eigenvalue weighted by Gasteiger charge is -2.12. The van der Waals surface area contributed by atoms with Crippen LogP contribution in [0.5, 0.6) is 0 Å². The smallest absolute Gasteiger partial charge is 0.339 e. The van der Waals surface area contributed by atoms with Crippen LogP contribution in [0.25, 0.3) is 5.57 Å². The zero-order valence-corrected chi connectivity index (χ0v) is 14.0. The number of aliphatic hydroxyl groups excluding tert-OH is 1. The van der Waals surface area contributed by atoms with E-state index in [1.165, 1.54) is 0 Å². The van der Waals surface area contributed by atoms with Crippen LogP contribution in [0.2, 0.25) is 0 Å². The third kappa shape index (κ3) is 3.56. The SMILES string of the molecule is C=C1SC(SCc2ccccc2/C(=C\O)C(=O)O)=NC1(C)C. The van der Waals surface area contributed by atoms with E-state index in [1.807, 2.05) is 26.0 Å². The summed E-state index contributed by atoms with van der Waals surface area (Å²) >= 11 is 3.10. The minimum absolute atomic E-state index is 0.109. The van der Waals surface area contributed by atoms with Crippen LogP contribution in [0.4, 0.5) is 0 Å². The fourth-order valence-corrected chi connectivity index (χ4v) is 4.21. The monoisotopic (exact) mass is 335 g/mol. The van der Waals surface area contributed by atoms with Crippen molar-refractivity contribution >= 4 is 39.4 Å². The molecule has 0 saturated heterocycles. The van der Waals surface area contributed by atoms with E-state index in [0.717, 1.165) is 14.8 Å². The molecule has 6 heteroatoms. The molecule has 0 aromatic heterocycles. The molecular weight excluding hydrogens is 318 g/mol.